The van der Waals surface area contributed by atoms with Crippen LogP contribution in [0.2, 0.25) is 0 Å². The van der Waals surface area contributed by atoms with Crippen LogP contribution in [0.4, 0.5) is 0 Å². The quantitative estimate of drug-likeness (QED) is 0.672. The lowest BCUT2D eigenvalue weighted by atomic mass is 9.90. The van der Waals surface area contributed by atoms with Gasteiger partial charge in [0.2, 0.25) is 0 Å². The molecule has 3 nitrogen and oxygen atoms in total. The molecule has 0 unspecified atom stereocenters. The zero-order valence-corrected chi connectivity index (χ0v) is 13.0. The third-order valence-electron chi connectivity index (χ3n) is 4.00. The molecule has 2 rings (SSSR count). The van der Waals surface area contributed by atoms with Gasteiger partial charge in [-0.15, -0.1) is 0 Å². The lowest BCUT2D eigenvalue weighted by Crippen LogP contribution is -2.41. The maximum Gasteiger partial charge on any atom is 0.181 e. The number of likely N-dealkylation sites (N-methyl/N-ethyl adjacent to an activating group) is 1. The molecular weight excluding hydrogens is 226 g/mol. The molecule has 0 radical (unpaired) electrons. The van der Waals surface area contributed by atoms with Gasteiger partial charge < -0.3 is 14.4 Å². The molecule has 18 heavy (non-hydrogen) atoms. The van der Waals surface area contributed by atoms with Crippen LogP contribution in [-0.4, -0.2) is 42.5 Å². The Kier molecular flexibility index (Phi) is 4.98. The van der Waals surface area contributed by atoms with E-state index in [1.54, 1.807) is 0 Å². The van der Waals surface area contributed by atoms with E-state index in [9.17, 15) is 0 Å². The summed E-state index contributed by atoms with van der Waals surface area (Å²) in [7, 11) is 2.14. The average Bonchev–Trinajstić information content (AvgIpc) is 2.52. The summed E-state index contributed by atoms with van der Waals surface area (Å²) in [5, 5.41) is 0. The van der Waals surface area contributed by atoms with Crippen molar-refractivity contribution in [3.63, 3.8) is 0 Å². The molecule has 0 aromatic heterocycles. The van der Waals surface area contributed by atoms with E-state index in [-0.39, 0.29) is 17.5 Å². The fourth-order valence-electron chi connectivity index (χ4n) is 1.99. The smallest absolute Gasteiger partial charge is 0.181 e. The van der Waals surface area contributed by atoms with Crippen molar-refractivity contribution in [3.8, 4) is 0 Å². The molecule has 106 valence electrons. The highest BCUT2D eigenvalue weighted by molar-refractivity contribution is 5.13. The summed E-state index contributed by atoms with van der Waals surface area (Å²) in [5.74, 6) is 0. The van der Waals surface area contributed by atoms with E-state index in [0.717, 1.165) is 19.5 Å². The molecule has 0 spiro atoms. The van der Waals surface area contributed by atoms with Crippen LogP contribution in [0.25, 0.3) is 0 Å². The Labute approximate surface area is 112 Å². The van der Waals surface area contributed by atoms with Crippen molar-refractivity contribution in [1.82, 2.24) is 4.90 Å². The molecule has 0 atom stereocenters. The Balaban J connectivity index is 0.000000771. The Morgan fingerprint density at radius 1 is 1.11 bits per heavy atom. The summed E-state index contributed by atoms with van der Waals surface area (Å²) < 4.78 is 12.1. The fraction of sp³-hybridized carbons (Fsp3) is 0.867. The molecule has 0 amide bonds. The zero-order valence-electron chi connectivity index (χ0n) is 13.0. The third-order valence-corrected chi connectivity index (χ3v) is 4.00. The molecule has 0 aromatic carbocycles. The summed E-state index contributed by atoms with van der Waals surface area (Å²) in [5.41, 5.74) is 0.862. The van der Waals surface area contributed by atoms with Gasteiger partial charge in [-0.1, -0.05) is 19.9 Å². The van der Waals surface area contributed by atoms with Crippen molar-refractivity contribution in [2.75, 3.05) is 20.1 Å². The van der Waals surface area contributed by atoms with E-state index in [0.29, 0.717) is 0 Å². The molecule has 0 saturated carbocycles. The number of hydrogen-bond donors (Lipinski definition) is 0. The van der Waals surface area contributed by atoms with Gasteiger partial charge in [-0.2, -0.15) is 0 Å². The van der Waals surface area contributed by atoms with Crippen molar-refractivity contribution in [1.29, 1.82) is 0 Å². The summed E-state index contributed by atoms with van der Waals surface area (Å²) in [6, 6.07) is 0. The van der Waals surface area contributed by atoms with E-state index in [2.05, 4.69) is 45.7 Å². The van der Waals surface area contributed by atoms with E-state index >= 15 is 0 Å². The molecular formula is C15H29NO2. The molecule has 1 fully saturated rings. The molecule has 3 heteroatoms. The lowest BCUT2D eigenvalue weighted by Gasteiger charge is -2.30. The first-order valence-corrected chi connectivity index (χ1v) is 7.05. The highest BCUT2D eigenvalue weighted by Crippen LogP contribution is 2.41. The van der Waals surface area contributed by atoms with Gasteiger partial charge in [0, 0.05) is 13.1 Å². The van der Waals surface area contributed by atoms with Crippen molar-refractivity contribution in [2.24, 2.45) is 0 Å². The lowest BCUT2D eigenvalue weighted by molar-refractivity contribution is -0.0622. The number of nitrogens with zero attached hydrogens (tertiary/aromatic N) is 1. The topological polar surface area (TPSA) is 21.7 Å². The van der Waals surface area contributed by atoms with Crippen LogP contribution in [0.3, 0.4) is 0 Å². The van der Waals surface area contributed by atoms with Gasteiger partial charge in [-0.3, -0.25) is 0 Å². The molecule has 0 N–H and O–H groups in total. The summed E-state index contributed by atoms with van der Waals surface area (Å²) in [4.78, 5) is 2.30. The normalized spacial score (nSPS) is 27.4. The van der Waals surface area contributed by atoms with Crippen molar-refractivity contribution in [2.45, 2.75) is 65.5 Å². The van der Waals surface area contributed by atoms with E-state index in [1.807, 2.05) is 13.8 Å². The van der Waals surface area contributed by atoms with Gasteiger partial charge in [0.05, 0.1) is 11.2 Å². The van der Waals surface area contributed by atoms with Crippen molar-refractivity contribution in [3.05, 3.63) is 11.6 Å². The second-order valence-electron chi connectivity index (χ2n) is 5.88. The first-order chi connectivity index (χ1) is 8.32. The van der Waals surface area contributed by atoms with Crippen LogP contribution < -0.4 is 0 Å². The Morgan fingerprint density at radius 3 is 2.00 bits per heavy atom. The minimum atomic E-state index is -0.220. The third kappa shape index (κ3) is 3.14. The van der Waals surface area contributed by atoms with E-state index in [1.165, 1.54) is 5.57 Å². The van der Waals surface area contributed by atoms with Crippen LogP contribution in [-0.2, 0) is 9.47 Å². The Hall–Kier alpha value is -0.380. The van der Waals surface area contributed by atoms with Crippen molar-refractivity contribution < 1.29 is 9.47 Å². The van der Waals surface area contributed by atoms with E-state index < -0.39 is 0 Å². The molecule has 2 aliphatic heterocycles. The van der Waals surface area contributed by atoms with Gasteiger partial charge in [-0.05, 0) is 46.7 Å². The monoisotopic (exact) mass is 255 g/mol. The number of rotatable bonds is 1. The van der Waals surface area contributed by atoms with Crippen LogP contribution >= 0.6 is 0 Å². The number of ether oxygens (including phenoxy) is 2. The van der Waals surface area contributed by atoms with Crippen LogP contribution in [0, 0.1) is 0 Å². The second kappa shape index (κ2) is 5.72. The second-order valence-corrected chi connectivity index (χ2v) is 5.88. The van der Waals surface area contributed by atoms with Gasteiger partial charge in [0.1, 0.15) is 0 Å². The first kappa shape index (κ1) is 15.7. The predicted octanol–water partition coefficient (Wildman–Crippen LogP) is 3.20. The summed E-state index contributed by atoms with van der Waals surface area (Å²) >= 11 is 0. The Morgan fingerprint density at radius 2 is 1.61 bits per heavy atom. The predicted molar refractivity (Wildman–Crippen MR) is 75.7 cm³/mol. The van der Waals surface area contributed by atoms with Gasteiger partial charge in [0.25, 0.3) is 0 Å². The molecule has 0 bridgehead atoms. The maximum atomic E-state index is 6.03. The number of hydrogen-bond acceptors (Lipinski definition) is 3. The van der Waals surface area contributed by atoms with Crippen LogP contribution in [0.5, 0.6) is 0 Å². The fourth-order valence-corrected chi connectivity index (χ4v) is 1.99. The molecule has 0 aliphatic carbocycles. The maximum absolute atomic E-state index is 6.03. The highest BCUT2D eigenvalue weighted by atomic mass is 16.7. The van der Waals surface area contributed by atoms with E-state index in [4.69, 9.17) is 9.47 Å². The van der Waals surface area contributed by atoms with Gasteiger partial charge in [0.15, 0.2) is 6.29 Å². The standard InChI is InChI=1S/C13H23NO2.C2H6/c1-12(2)13(3,4)16-11(15-12)10-6-8-14(5)9-7-10;1-2/h6,11H,7-9H2,1-5H3;1-2H3. The van der Waals surface area contributed by atoms with Gasteiger partial charge in [-0.25, -0.2) is 0 Å². The molecule has 2 aliphatic rings. The van der Waals surface area contributed by atoms with Crippen LogP contribution in [0.15, 0.2) is 11.6 Å². The van der Waals surface area contributed by atoms with Crippen LogP contribution in [0.1, 0.15) is 48.0 Å². The zero-order chi connectivity index (χ0) is 14.0. The Bertz CT molecular complexity index is 292. The minimum absolute atomic E-state index is 0.140. The minimum Gasteiger partial charge on any atom is -0.340 e. The SMILES string of the molecule is CC.CN1CC=C(C2OC(C)(C)C(C)(C)O2)CC1. The molecule has 1 saturated heterocycles. The average molecular weight is 255 g/mol. The molecule has 2 heterocycles. The summed E-state index contributed by atoms with van der Waals surface area (Å²) in [6.07, 6.45) is 3.15. The first-order valence-electron chi connectivity index (χ1n) is 7.05. The summed E-state index contributed by atoms with van der Waals surface area (Å²) in [6.45, 7) is 14.5. The van der Waals surface area contributed by atoms with Gasteiger partial charge >= 0.3 is 0 Å². The molecule has 0 aromatic rings. The van der Waals surface area contributed by atoms with Crippen molar-refractivity contribution >= 4 is 0 Å². The highest BCUT2D eigenvalue weighted by Gasteiger charge is 2.49. The largest absolute Gasteiger partial charge is 0.340 e.